The summed E-state index contributed by atoms with van der Waals surface area (Å²) in [7, 11) is 5.22. The van der Waals surface area contributed by atoms with E-state index in [1.165, 1.54) is 16.2 Å². The first-order chi connectivity index (χ1) is 12.9. The van der Waals surface area contributed by atoms with Crippen molar-refractivity contribution >= 4 is 39.9 Å². The lowest BCUT2D eigenvalue weighted by atomic mass is 10.4. The summed E-state index contributed by atoms with van der Waals surface area (Å²) in [6.07, 6.45) is 5.28. The molecule has 138 valence electrons. The number of aromatic amines is 1. The van der Waals surface area contributed by atoms with Crippen molar-refractivity contribution < 1.29 is 4.79 Å². The Kier molecular flexibility index (Phi) is 4.04. The van der Waals surface area contributed by atoms with Crippen LogP contribution in [0.2, 0.25) is 0 Å². The zero-order valence-corrected chi connectivity index (χ0v) is 15.7. The van der Waals surface area contributed by atoms with E-state index >= 15 is 0 Å². The van der Waals surface area contributed by atoms with Gasteiger partial charge in [-0.25, -0.2) is 4.98 Å². The number of aromatic nitrogens is 5. The minimum atomic E-state index is -0.267. The maximum absolute atomic E-state index is 12.6. The van der Waals surface area contributed by atoms with Crippen LogP contribution in [0.3, 0.4) is 0 Å². The molecule has 4 rings (SSSR count). The van der Waals surface area contributed by atoms with Crippen LogP contribution >= 0.6 is 11.3 Å². The van der Waals surface area contributed by atoms with E-state index in [2.05, 4.69) is 20.4 Å². The summed E-state index contributed by atoms with van der Waals surface area (Å²) < 4.78 is 3.41. The second-order valence-electron chi connectivity index (χ2n) is 6.23. The van der Waals surface area contributed by atoms with Gasteiger partial charge >= 0.3 is 0 Å². The number of carbonyl (C=O) groups is 1. The van der Waals surface area contributed by atoms with Crippen LogP contribution in [0.5, 0.6) is 0 Å². The van der Waals surface area contributed by atoms with Crippen molar-refractivity contribution in [2.24, 2.45) is 7.05 Å². The molecule has 4 aromatic rings. The number of carbonyl (C=O) groups excluding carboxylic acids is 1. The largest absolute Gasteiger partial charge is 0.344 e. The molecule has 0 bridgehead atoms. The van der Waals surface area contributed by atoms with Crippen LogP contribution in [0.1, 0.15) is 9.67 Å². The summed E-state index contributed by atoms with van der Waals surface area (Å²) in [4.78, 5) is 34.0. The predicted molar refractivity (Wildman–Crippen MR) is 104 cm³/mol. The van der Waals surface area contributed by atoms with Crippen molar-refractivity contribution in [2.75, 3.05) is 19.4 Å². The van der Waals surface area contributed by atoms with E-state index in [0.29, 0.717) is 27.5 Å². The Morgan fingerprint density at radius 2 is 2.19 bits per heavy atom. The van der Waals surface area contributed by atoms with Crippen LogP contribution < -0.4 is 10.9 Å². The fourth-order valence-electron chi connectivity index (χ4n) is 2.73. The highest BCUT2D eigenvalue weighted by atomic mass is 32.1. The smallest absolute Gasteiger partial charge is 0.277 e. The summed E-state index contributed by atoms with van der Waals surface area (Å²) in [6.45, 7) is 0. The summed E-state index contributed by atoms with van der Waals surface area (Å²) in [5.74, 6) is 0.247. The molecule has 0 radical (unpaired) electrons. The van der Waals surface area contributed by atoms with E-state index in [0.717, 1.165) is 5.69 Å². The van der Waals surface area contributed by atoms with E-state index in [9.17, 15) is 9.59 Å². The third-order valence-corrected chi connectivity index (χ3v) is 4.91. The Hall–Kier alpha value is -3.40. The zero-order valence-electron chi connectivity index (χ0n) is 14.9. The number of H-pyrrole nitrogens is 1. The Balaban J connectivity index is 1.67. The molecule has 0 aromatic carbocycles. The second-order valence-corrected chi connectivity index (χ2v) is 7.14. The lowest BCUT2D eigenvalue weighted by molar-refractivity contribution is 0.0832. The Bertz CT molecular complexity index is 1200. The Labute approximate surface area is 157 Å². The first-order valence-electron chi connectivity index (χ1n) is 8.10. The number of amides is 1. The van der Waals surface area contributed by atoms with Gasteiger partial charge in [-0.1, -0.05) is 0 Å². The molecule has 0 saturated heterocycles. The number of fused-ring (bicyclic) bond motifs is 1. The van der Waals surface area contributed by atoms with E-state index < -0.39 is 0 Å². The van der Waals surface area contributed by atoms with Crippen LogP contribution in [0.25, 0.3) is 16.7 Å². The van der Waals surface area contributed by atoms with Crippen LogP contribution in [0.15, 0.2) is 40.9 Å². The molecule has 27 heavy (non-hydrogen) atoms. The van der Waals surface area contributed by atoms with Gasteiger partial charge in [0, 0.05) is 38.9 Å². The van der Waals surface area contributed by atoms with Gasteiger partial charge in [-0.05, 0) is 12.1 Å². The molecular weight excluding hydrogens is 366 g/mol. The first kappa shape index (κ1) is 17.0. The predicted octanol–water partition coefficient (Wildman–Crippen LogP) is 1.95. The molecule has 0 aliphatic rings. The van der Waals surface area contributed by atoms with Gasteiger partial charge in [0.2, 0.25) is 5.95 Å². The van der Waals surface area contributed by atoms with Gasteiger partial charge in [-0.3, -0.25) is 19.3 Å². The van der Waals surface area contributed by atoms with Crippen molar-refractivity contribution in [1.29, 1.82) is 0 Å². The summed E-state index contributed by atoms with van der Waals surface area (Å²) >= 11 is 1.33. The van der Waals surface area contributed by atoms with Crippen LogP contribution in [0, 0.1) is 0 Å². The van der Waals surface area contributed by atoms with Crippen molar-refractivity contribution in [3.05, 3.63) is 51.3 Å². The fourth-order valence-corrected chi connectivity index (χ4v) is 3.59. The normalized spacial score (nSPS) is 11.1. The molecule has 0 unspecified atom stereocenters. The molecule has 10 heteroatoms. The molecule has 4 heterocycles. The van der Waals surface area contributed by atoms with E-state index in [4.69, 9.17) is 0 Å². The first-order valence-corrected chi connectivity index (χ1v) is 8.98. The lowest BCUT2D eigenvalue weighted by Gasteiger charge is -2.07. The molecule has 0 spiro atoms. The monoisotopic (exact) mass is 383 g/mol. The molecule has 2 N–H and O–H groups in total. The van der Waals surface area contributed by atoms with Crippen molar-refractivity contribution in [2.45, 2.75) is 0 Å². The molecule has 0 aliphatic heterocycles. The lowest BCUT2D eigenvalue weighted by Crippen LogP contribution is -2.20. The molecule has 0 saturated carbocycles. The third kappa shape index (κ3) is 3.10. The van der Waals surface area contributed by atoms with Gasteiger partial charge in [0.15, 0.2) is 0 Å². The van der Waals surface area contributed by atoms with Gasteiger partial charge in [-0.2, -0.15) is 5.10 Å². The number of anilines is 2. The highest BCUT2D eigenvalue weighted by Gasteiger charge is 2.14. The topological polar surface area (TPSA) is 101 Å². The van der Waals surface area contributed by atoms with E-state index in [1.807, 2.05) is 18.6 Å². The van der Waals surface area contributed by atoms with Crippen molar-refractivity contribution in [3.8, 4) is 5.69 Å². The zero-order chi connectivity index (χ0) is 19.1. The molecule has 0 fully saturated rings. The molecule has 0 aliphatic carbocycles. The second kappa shape index (κ2) is 6.40. The number of thiophene rings is 1. The van der Waals surface area contributed by atoms with Gasteiger partial charge in [0.1, 0.15) is 5.52 Å². The Morgan fingerprint density at radius 3 is 2.89 bits per heavy atom. The van der Waals surface area contributed by atoms with Crippen LogP contribution in [-0.4, -0.2) is 49.2 Å². The standard InChI is InChI=1S/C17H17N7O2S/c1-22(2)16(26)13-6-10(9-27-13)19-17-20-12-4-5-24(14(12)15(25)21-17)11-7-18-23(3)8-11/h4-9H,1-3H3,(H2,19,20,21,25). The fraction of sp³-hybridized carbons (Fsp3) is 0.176. The van der Waals surface area contributed by atoms with Crippen molar-refractivity contribution in [1.82, 2.24) is 29.2 Å². The highest BCUT2D eigenvalue weighted by molar-refractivity contribution is 7.12. The molecule has 9 nitrogen and oxygen atoms in total. The molecule has 1 amide bonds. The van der Waals surface area contributed by atoms with E-state index in [-0.39, 0.29) is 11.5 Å². The number of hydrogen-bond donors (Lipinski definition) is 2. The maximum atomic E-state index is 12.6. The van der Waals surface area contributed by atoms with Crippen molar-refractivity contribution in [3.63, 3.8) is 0 Å². The number of nitrogens with zero attached hydrogens (tertiary/aromatic N) is 5. The Morgan fingerprint density at radius 1 is 1.37 bits per heavy atom. The van der Waals surface area contributed by atoms with Gasteiger partial charge in [0.05, 0.1) is 28.0 Å². The van der Waals surface area contributed by atoms with Gasteiger partial charge in [0.25, 0.3) is 11.5 Å². The molecular formula is C17H17N7O2S. The number of hydrogen-bond acceptors (Lipinski definition) is 6. The third-order valence-electron chi connectivity index (χ3n) is 3.99. The van der Waals surface area contributed by atoms with Crippen LogP contribution in [-0.2, 0) is 7.05 Å². The summed E-state index contributed by atoms with van der Waals surface area (Å²) in [6, 6.07) is 3.51. The minimum absolute atomic E-state index is 0.0708. The minimum Gasteiger partial charge on any atom is -0.344 e. The highest BCUT2D eigenvalue weighted by Crippen LogP contribution is 2.23. The maximum Gasteiger partial charge on any atom is 0.277 e. The van der Waals surface area contributed by atoms with E-state index in [1.54, 1.807) is 47.9 Å². The quantitative estimate of drug-likeness (QED) is 0.561. The van der Waals surface area contributed by atoms with Crippen LogP contribution in [0.4, 0.5) is 11.6 Å². The summed E-state index contributed by atoms with van der Waals surface area (Å²) in [5, 5.41) is 8.99. The molecule has 4 aromatic heterocycles. The van der Waals surface area contributed by atoms with Gasteiger partial charge in [-0.15, -0.1) is 11.3 Å². The van der Waals surface area contributed by atoms with Gasteiger partial charge < -0.3 is 14.8 Å². The number of aryl methyl sites for hydroxylation is 1. The average molecular weight is 383 g/mol. The number of rotatable bonds is 4. The molecule has 0 atom stereocenters. The number of nitrogens with one attached hydrogen (secondary N) is 2. The average Bonchev–Trinajstić information content (AvgIpc) is 3.33. The summed E-state index contributed by atoms with van der Waals surface area (Å²) in [5.41, 5.74) is 2.22. The SMILES string of the molecule is CN(C)C(=O)c1cc(Nc2nc3ccn(-c4cnn(C)c4)c3c(=O)[nH]2)cs1.